The smallest absolute Gasteiger partial charge is 0.242 e. The molecule has 0 aromatic rings. The number of piperidine rings is 1. The topological polar surface area (TPSA) is 52.7 Å². The van der Waals surface area contributed by atoms with Gasteiger partial charge < -0.3 is 15.1 Å². The molecule has 0 saturated carbocycles. The van der Waals surface area contributed by atoms with Gasteiger partial charge in [0.25, 0.3) is 0 Å². The van der Waals surface area contributed by atoms with Crippen LogP contribution in [0, 0.1) is 5.41 Å². The van der Waals surface area contributed by atoms with Crippen LogP contribution in [0.4, 0.5) is 0 Å². The Morgan fingerprint density at radius 2 is 1.65 bits per heavy atom. The zero-order valence-corrected chi connectivity index (χ0v) is 13.4. The molecule has 1 aliphatic heterocycles. The third kappa shape index (κ3) is 3.72. The van der Waals surface area contributed by atoms with Gasteiger partial charge in [-0.2, -0.15) is 0 Å². The van der Waals surface area contributed by atoms with Gasteiger partial charge in [-0.3, -0.25) is 9.59 Å². The van der Waals surface area contributed by atoms with Crippen molar-refractivity contribution in [3.05, 3.63) is 0 Å². The van der Waals surface area contributed by atoms with Crippen LogP contribution in [-0.4, -0.2) is 61.4 Å². The average molecular weight is 283 g/mol. The maximum Gasteiger partial charge on any atom is 0.242 e. The summed E-state index contributed by atoms with van der Waals surface area (Å²) in [5, 5.41) is 3.30. The van der Waals surface area contributed by atoms with Crippen molar-refractivity contribution in [2.24, 2.45) is 5.41 Å². The molecule has 1 heterocycles. The molecular weight excluding hydrogens is 254 g/mol. The lowest BCUT2D eigenvalue weighted by molar-refractivity contribution is -0.147. The molecule has 5 heteroatoms. The SMILES string of the molecule is CCN(CC)C(=O)CN(C)C(=O)C1(CC)CCNCC1. The number of likely N-dealkylation sites (N-methyl/N-ethyl adjacent to an activating group) is 2. The summed E-state index contributed by atoms with van der Waals surface area (Å²) in [5.41, 5.74) is -0.274. The number of hydrogen-bond acceptors (Lipinski definition) is 3. The number of hydrogen-bond donors (Lipinski definition) is 1. The van der Waals surface area contributed by atoms with Crippen LogP contribution < -0.4 is 5.32 Å². The molecule has 0 aromatic heterocycles. The Kier molecular flexibility index (Phi) is 6.46. The second-order valence-electron chi connectivity index (χ2n) is 5.61. The van der Waals surface area contributed by atoms with Gasteiger partial charge in [0.05, 0.1) is 12.0 Å². The first kappa shape index (κ1) is 17.0. The van der Waals surface area contributed by atoms with E-state index in [1.807, 2.05) is 13.8 Å². The molecule has 0 bridgehead atoms. The molecule has 1 rings (SSSR count). The summed E-state index contributed by atoms with van der Waals surface area (Å²) >= 11 is 0. The van der Waals surface area contributed by atoms with E-state index < -0.39 is 0 Å². The van der Waals surface area contributed by atoms with Gasteiger partial charge in [-0.05, 0) is 46.2 Å². The van der Waals surface area contributed by atoms with Crippen LogP contribution >= 0.6 is 0 Å². The summed E-state index contributed by atoms with van der Waals surface area (Å²) in [6.07, 6.45) is 2.58. The minimum atomic E-state index is -0.274. The third-order valence-electron chi connectivity index (χ3n) is 4.53. The zero-order chi connectivity index (χ0) is 15.2. The number of rotatable bonds is 6. The molecule has 0 aliphatic carbocycles. The first-order chi connectivity index (χ1) is 9.50. The molecule has 1 N–H and O–H groups in total. The number of amides is 2. The molecule has 20 heavy (non-hydrogen) atoms. The first-order valence-corrected chi connectivity index (χ1v) is 7.74. The zero-order valence-electron chi connectivity index (χ0n) is 13.4. The molecule has 0 radical (unpaired) electrons. The fraction of sp³-hybridized carbons (Fsp3) is 0.867. The first-order valence-electron chi connectivity index (χ1n) is 7.74. The van der Waals surface area contributed by atoms with Gasteiger partial charge in [0.1, 0.15) is 0 Å². The Hall–Kier alpha value is -1.10. The summed E-state index contributed by atoms with van der Waals surface area (Å²) in [4.78, 5) is 28.2. The molecule has 5 nitrogen and oxygen atoms in total. The molecule has 1 fully saturated rings. The molecule has 1 aliphatic rings. The highest BCUT2D eigenvalue weighted by Gasteiger charge is 2.39. The van der Waals surface area contributed by atoms with E-state index >= 15 is 0 Å². The van der Waals surface area contributed by atoms with Crippen LogP contribution in [0.25, 0.3) is 0 Å². The quantitative estimate of drug-likeness (QED) is 0.794. The molecular formula is C15H29N3O2. The van der Waals surface area contributed by atoms with Crippen molar-refractivity contribution in [3.8, 4) is 0 Å². The number of carbonyl (C=O) groups excluding carboxylic acids is 2. The minimum absolute atomic E-state index is 0.0334. The normalized spacial score (nSPS) is 17.6. The van der Waals surface area contributed by atoms with Gasteiger partial charge in [-0.1, -0.05) is 6.92 Å². The van der Waals surface area contributed by atoms with Crippen LogP contribution in [-0.2, 0) is 9.59 Å². The third-order valence-corrected chi connectivity index (χ3v) is 4.53. The molecule has 0 atom stereocenters. The van der Waals surface area contributed by atoms with Crippen LogP contribution in [0.15, 0.2) is 0 Å². The van der Waals surface area contributed by atoms with E-state index in [9.17, 15) is 9.59 Å². The largest absolute Gasteiger partial charge is 0.342 e. The van der Waals surface area contributed by atoms with Crippen LogP contribution in [0.5, 0.6) is 0 Å². The van der Waals surface area contributed by atoms with Gasteiger partial charge in [0.15, 0.2) is 0 Å². The number of carbonyl (C=O) groups is 2. The monoisotopic (exact) mass is 283 g/mol. The van der Waals surface area contributed by atoms with E-state index in [2.05, 4.69) is 12.2 Å². The lowest BCUT2D eigenvalue weighted by atomic mass is 9.75. The summed E-state index contributed by atoms with van der Waals surface area (Å²) in [7, 11) is 1.75. The van der Waals surface area contributed by atoms with E-state index in [0.29, 0.717) is 13.1 Å². The molecule has 0 aromatic carbocycles. The number of nitrogens with zero attached hydrogens (tertiary/aromatic N) is 2. The van der Waals surface area contributed by atoms with Crippen molar-refractivity contribution < 1.29 is 9.59 Å². The standard InChI is InChI=1S/C15H29N3O2/c1-5-15(8-10-16-11-9-15)14(20)17(4)12-13(19)18(6-2)7-3/h16H,5-12H2,1-4H3. The Morgan fingerprint density at radius 3 is 2.10 bits per heavy atom. The lowest BCUT2D eigenvalue weighted by Crippen LogP contribution is -2.50. The molecule has 2 amide bonds. The Morgan fingerprint density at radius 1 is 1.10 bits per heavy atom. The lowest BCUT2D eigenvalue weighted by Gasteiger charge is -2.38. The predicted molar refractivity (Wildman–Crippen MR) is 80.4 cm³/mol. The van der Waals surface area contributed by atoms with Crippen molar-refractivity contribution in [1.82, 2.24) is 15.1 Å². The van der Waals surface area contributed by atoms with Gasteiger partial charge >= 0.3 is 0 Å². The summed E-state index contributed by atoms with van der Waals surface area (Å²) < 4.78 is 0. The van der Waals surface area contributed by atoms with E-state index in [1.165, 1.54) is 0 Å². The fourth-order valence-corrected chi connectivity index (χ4v) is 2.98. The molecule has 116 valence electrons. The van der Waals surface area contributed by atoms with Crippen molar-refractivity contribution in [2.45, 2.75) is 40.0 Å². The van der Waals surface area contributed by atoms with Crippen molar-refractivity contribution >= 4 is 11.8 Å². The molecule has 0 unspecified atom stereocenters. The maximum atomic E-state index is 12.7. The van der Waals surface area contributed by atoms with E-state index in [1.54, 1.807) is 16.8 Å². The predicted octanol–water partition coefficient (Wildman–Crippen LogP) is 1.09. The molecule has 0 spiro atoms. The van der Waals surface area contributed by atoms with Crippen LogP contribution in [0.1, 0.15) is 40.0 Å². The summed E-state index contributed by atoms with van der Waals surface area (Å²) in [5.74, 6) is 0.160. The van der Waals surface area contributed by atoms with E-state index in [4.69, 9.17) is 0 Å². The second-order valence-corrected chi connectivity index (χ2v) is 5.61. The Balaban J connectivity index is 2.67. The van der Waals surface area contributed by atoms with Crippen LogP contribution in [0.2, 0.25) is 0 Å². The molecule has 1 saturated heterocycles. The van der Waals surface area contributed by atoms with Crippen molar-refractivity contribution in [3.63, 3.8) is 0 Å². The highest BCUT2D eigenvalue weighted by Crippen LogP contribution is 2.34. The number of nitrogens with one attached hydrogen (secondary N) is 1. The van der Waals surface area contributed by atoms with Crippen molar-refractivity contribution in [2.75, 3.05) is 39.8 Å². The van der Waals surface area contributed by atoms with Crippen molar-refractivity contribution in [1.29, 1.82) is 0 Å². The maximum absolute atomic E-state index is 12.7. The van der Waals surface area contributed by atoms with Gasteiger partial charge in [-0.15, -0.1) is 0 Å². The highest BCUT2D eigenvalue weighted by molar-refractivity contribution is 5.87. The van der Waals surface area contributed by atoms with Crippen LogP contribution in [0.3, 0.4) is 0 Å². The van der Waals surface area contributed by atoms with Gasteiger partial charge in [0.2, 0.25) is 11.8 Å². The minimum Gasteiger partial charge on any atom is -0.342 e. The summed E-state index contributed by atoms with van der Waals surface area (Å²) in [6.45, 7) is 9.35. The Bertz CT molecular complexity index is 334. The fourth-order valence-electron chi connectivity index (χ4n) is 2.98. The van der Waals surface area contributed by atoms with E-state index in [-0.39, 0.29) is 23.8 Å². The highest BCUT2D eigenvalue weighted by atomic mass is 16.2. The van der Waals surface area contributed by atoms with Gasteiger partial charge in [-0.25, -0.2) is 0 Å². The van der Waals surface area contributed by atoms with E-state index in [0.717, 1.165) is 32.4 Å². The van der Waals surface area contributed by atoms with Gasteiger partial charge in [0, 0.05) is 20.1 Å². The Labute approximate surface area is 122 Å². The average Bonchev–Trinajstić information content (AvgIpc) is 2.48. The summed E-state index contributed by atoms with van der Waals surface area (Å²) in [6, 6.07) is 0. The second kappa shape index (κ2) is 7.62.